The molecule has 4 aromatic rings. The van der Waals surface area contributed by atoms with E-state index in [1.54, 1.807) is 0 Å². The fraction of sp³-hybridized carbons (Fsp3) is 0.468. The summed E-state index contributed by atoms with van der Waals surface area (Å²) in [7, 11) is 0. The SMILES string of the molecule is O=C1c2ccc3c(c2CN1[C@H]1CCCNC1)OC[C@H]1CN(C[C@H]2COC4(C2)CN(c2ccc([C@@H]5c6ccc(O)cc6CC[C@@H]5c5ccccc5)cc2)C4)CCN31. The fourth-order valence-corrected chi connectivity index (χ4v) is 11.5. The van der Waals surface area contributed by atoms with Gasteiger partial charge in [0.15, 0.2) is 0 Å². The second kappa shape index (κ2) is 13.8. The first-order valence-electron chi connectivity index (χ1n) is 21.1. The number of rotatable bonds is 6. The van der Waals surface area contributed by atoms with Crippen molar-refractivity contribution in [1.82, 2.24) is 15.1 Å². The van der Waals surface area contributed by atoms with Crippen LogP contribution in [0.3, 0.4) is 0 Å². The number of ether oxygens (including phenoxy) is 2. The van der Waals surface area contributed by atoms with Gasteiger partial charge in [0, 0.05) is 74.6 Å². The van der Waals surface area contributed by atoms with Gasteiger partial charge < -0.3 is 34.6 Å². The maximum Gasteiger partial charge on any atom is 0.254 e. The first kappa shape index (κ1) is 34.7. The summed E-state index contributed by atoms with van der Waals surface area (Å²) in [6.07, 6.45) is 5.36. The molecule has 6 heterocycles. The number of amides is 1. The van der Waals surface area contributed by atoms with Crippen LogP contribution in [-0.4, -0.2) is 104 Å². The van der Waals surface area contributed by atoms with Gasteiger partial charge in [-0.15, -0.1) is 0 Å². The van der Waals surface area contributed by atoms with Crippen molar-refractivity contribution >= 4 is 17.3 Å². The minimum Gasteiger partial charge on any atom is -0.508 e. The van der Waals surface area contributed by atoms with Gasteiger partial charge in [0.25, 0.3) is 5.91 Å². The number of benzene rings is 4. The maximum absolute atomic E-state index is 13.4. The maximum atomic E-state index is 13.4. The van der Waals surface area contributed by atoms with E-state index < -0.39 is 0 Å². The third-order valence-electron chi connectivity index (χ3n) is 14.3. The molecule has 9 heteroatoms. The monoisotopic (exact) mass is 751 g/mol. The number of phenols is 1. The Morgan fingerprint density at radius 3 is 2.59 bits per heavy atom. The number of nitrogens with zero attached hydrogens (tertiary/aromatic N) is 4. The van der Waals surface area contributed by atoms with Crippen LogP contribution in [-0.2, 0) is 17.7 Å². The molecular formula is C47H53N5O4. The van der Waals surface area contributed by atoms with E-state index in [9.17, 15) is 9.90 Å². The molecule has 0 aromatic heterocycles. The zero-order valence-corrected chi connectivity index (χ0v) is 32.2. The van der Waals surface area contributed by atoms with Crippen molar-refractivity contribution in [2.45, 2.75) is 68.2 Å². The zero-order valence-electron chi connectivity index (χ0n) is 32.2. The Balaban J connectivity index is 0.710. The molecule has 7 aliphatic rings. The van der Waals surface area contributed by atoms with Gasteiger partial charge in [0.2, 0.25) is 0 Å². The van der Waals surface area contributed by atoms with Crippen molar-refractivity contribution in [2.24, 2.45) is 5.92 Å². The van der Waals surface area contributed by atoms with Gasteiger partial charge >= 0.3 is 0 Å². The highest BCUT2D eigenvalue weighted by atomic mass is 16.5. The number of aryl methyl sites for hydroxylation is 1. The number of carbonyl (C=O) groups excluding carboxylic acids is 1. The quantitative estimate of drug-likeness (QED) is 0.244. The van der Waals surface area contributed by atoms with E-state index in [0.717, 1.165) is 108 Å². The number of piperidine rings is 1. The second-order valence-corrected chi connectivity index (χ2v) is 17.7. The number of anilines is 2. The number of piperazine rings is 1. The summed E-state index contributed by atoms with van der Waals surface area (Å²) in [5.41, 5.74) is 9.65. The molecule has 4 saturated heterocycles. The van der Waals surface area contributed by atoms with Gasteiger partial charge in [-0.1, -0.05) is 48.5 Å². The molecule has 5 atom stereocenters. The van der Waals surface area contributed by atoms with E-state index >= 15 is 0 Å². The molecule has 1 amide bonds. The molecule has 0 radical (unpaired) electrons. The third-order valence-corrected chi connectivity index (χ3v) is 14.3. The lowest BCUT2D eigenvalue weighted by molar-refractivity contribution is -0.0189. The highest BCUT2D eigenvalue weighted by Gasteiger charge is 2.50. The lowest BCUT2D eigenvalue weighted by atomic mass is 9.69. The number of hydrogen-bond acceptors (Lipinski definition) is 8. The van der Waals surface area contributed by atoms with Crippen LogP contribution in [0, 0.1) is 5.92 Å². The molecule has 9 nitrogen and oxygen atoms in total. The van der Waals surface area contributed by atoms with Crippen molar-refractivity contribution in [3.63, 3.8) is 0 Å². The Labute approximate surface area is 330 Å². The van der Waals surface area contributed by atoms with E-state index in [2.05, 4.69) is 97.7 Å². The number of fused-ring (bicyclic) bond motifs is 6. The van der Waals surface area contributed by atoms with E-state index in [1.165, 1.54) is 33.6 Å². The second-order valence-electron chi connectivity index (χ2n) is 17.7. The van der Waals surface area contributed by atoms with E-state index in [0.29, 0.717) is 36.8 Å². The Morgan fingerprint density at radius 2 is 1.75 bits per heavy atom. The highest BCUT2D eigenvalue weighted by molar-refractivity contribution is 6.00. The summed E-state index contributed by atoms with van der Waals surface area (Å²) >= 11 is 0. The number of nitrogens with one attached hydrogen (secondary N) is 1. The normalized spacial score (nSPS) is 28.0. The van der Waals surface area contributed by atoms with Gasteiger partial charge in [0.1, 0.15) is 23.7 Å². The lowest BCUT2D eigenvalue weighted by Gasteiger charge is -2.49. The number of aromatic hydroxyl groups is 1. The molecule has 1 spiro atoms. The van der Waals surface area contributed by atoms with Gasteiger partial charge in [-0.05, 0) is 109 Å². The number of hydrogen-bond donors (Lipinski definition) is 2. The van der Waals surface area contributed by atoms with Crippen LogP contribution in [0.25, 0.3) is 0 Å². The van der Waals surface area contributed by atoms with Crippen LogP contribution in [0.5, 0.6) is 11.5 Å². The summed E-state index contributed by atoms with van der Waals surface area (Å²) in [5.74, 6) is 2.67. The molecule has 0 bridgehead atoms. The summed E-state index contributed by atoms with van der Waals surface area (Å²) < 4.78 is 13.1. The van der Waals surface area contributed by atoms with Crippen molar-refractivity contribution in [3.05, 3.63) is 118 Å². The van der Waals surface area contributed by atoms with Crippen molar-refractivity contribution in [1.29, 1.82) is 0 Å². The van der Waals surface area contributed by atoms with E-state index in [1.807, 2.05) is 12.1 Å². The smallest absolute Gasteiger partial charge is 0.254 e. The number of phenolic OH excluding ortho intramolecular Hbond substituents is 1. The largest absolute Gasteiger partial charge is 0.508 e. The summed E-state index contributed by atoms with van der Waals surface area (Å²) in [4.78, 5) is 23.1. The highest BCUT2D eigenvalue weighted by Crippen LogP contribution is 2.48. The predicted molar refractivity (Wildman–Crippen MR) is 218 cm³/mol. The molecule has 0 saturated carbocycles. The van der Waals surface area contributed by atoms with Gasteiger partial charge in [0.05, 0.1) is 24.9 Å². The van der Waals surface area contributed by atoms with E-state index in [4.69, 9.17) is 9.47 Å². The molecule has 11 rings (SSSR count). The van der Waals surface area contributed by atoms with Crippen LogP contribution >= 0.6 is 0 Å². The summed E-state index contributed by atoms with van der Waals surface area (Å²) in [6.45, 7) is 10.1. The molecule has 6 aliphatic heterocycles. The van der Waals surface area contributed by atoms with Crippen LogP contribution in [0.4, 0.5) is 11.4 Å². The molecule has 0 unspecified atom stereocenters. The molecule has 1 aliphatic carbocycles. The van der Waals surface area contributed by atoms with Crippen LogP contribution in [0.1, 0.15) is 75.7 Å². The van der Waals surface area contributed by atoms with Gasteiger partial charge in [-0.25, -0.2) is 0 Å². The number of carbonyl (C=O) groups is 1. The fourth-order valence-electron chi connectivity index (χ4n) is 11.5. The predicted octanol–water partition coefficient (Wildman–Crippen LogP) is 6.14. The van der Waals surface area contributed by atoms with Crippen molar-refractivity contribution in [3.8, 4) is 11.5 Å². The topological polar surface area (TPSA) is 80.8 Å². The molecule has 56 heavy (non-hydrogen) atoms. The first-order valence-corrected chi connectivity index (χ1v) is 21.1. The van der Waals surface area contributed by atoms with Gasteiger partial charge in [-0.2, -0.15) is 0 Å². The van der Waals surface area contributed by atoms with Crippen LogP contribution in [0.15, 0.2) is 84.9 Å². The Morgan fingerprint density at radius 1 is 0.875 bits per heavy atom. The Bertz CT molecular complexity index is 2110. The molecule has 4 aromatic carbocycles. The first-order chi connectivity index (χ1) is 27.5. The third kappa shape index (κ3) is 5.96. The lowest BCUT2D eigenvalue weighted by Crippen LogP contribution is -2.62. The minimum atomic E-state index is -0.0415. The molecule has 4 fully saturated rings. The van der Waals surface area contributed by atoms with Crippen LogP contribution < -0.4 is 19.9 Å². The zero-order chi connectivity index (χ0) is 37.4. The van der Waals surface area contributed by atoms with Crippen molar-refractivity contribution in [2.75, 3.05) is 75.4 Å². The van der Waals surface area contributed by atoms with Crippen molar-refractivity contribution < 1.29 is 19.4 Å². The molecule has 2 N–H and O–H groups in total. The Hall–Kier alpha value is -4.57. The summed E-state index contributed by atoms with van der Waals surface area (Å²) in [6, 6.07) is 31.0. The minimum absolute atomic E-state index is 0.0415. The average Bonchev–Trinajstić information content (AvgIpc) is 3.81. The standard InChI is InChI=1S/C47H53N5O4/c53-38-13-15-40-34(21-38)10-14-39(32-5-2-1-3-6-32)44(40)33-8-11-35(12-9-33)50-29-47(30-50)22-31(27-56-47)24-49-19-20-51-37(25-49)28-55-45-42-26-52(36-7-4-18-48-23-36)46(54)41(42)16-17-43(45)51/h1-3,5-6,8-9,11-13,15-17,21,31,36-37,39,44,48,53H,4,7,10,14,18-20,22-30H2/t31-,36-,37+,39+,44-/m0/s1. The molecule has 290 valence electrons. The Kier molecular flexibility index (Phi) is 8.55. The average molecular weight is 752 g/mol. The van der Waals surface area contributed by atoms with Crippen LogP contribution in [0.2, 0.25) is 0 Å². The van der Waals surface area contributed by atoms with E-state index in [-0.39, 0.29) is 23.5 Å². The summed E-state index contributed by atoms with van der Waals surface area (Å²) in [5, 5.41) is 13.7. The molecular weight excluding hydrogens is 699 g/mol. The van der Waals surface area contributed by atoms with Gasteiger partial charge in [-0.3, -0.25) is 9.69 Å².